The van der Waals surface area contributed by atoms with Gasteiger partial charge in [-0.2, -0.15) is 0 Å². The minimum atomic E-state index is 0.632. The molecule has 8 rings (SSSR count). The van der Waals surface area contributed by atoms with Crippen LogP contribution < -0.4 is 0 Å². The molecule has 39 heavy (non-hydrogen) atoms. The maximum absolute atomic E-state index is 6.37. The summed E-state index contributed by atoms with van der Waals surface area (Å²) in [4.78, 5) is 14.6. The van der Waals surface area contributed by atoms with E-state index in [0.29, 0.717) is 5.89 Å². The zero-order chi connectivity index (χ0) is 25.8. The molecular formula is C35H21N3O. The number of pyridine rings is 2. The van der Waals surface area contributed by atoms with Crippen molar-refractivity contribution in [1.82, 2.24) is 15.0 Å². The molecule has 3 heterocycles. The van der Waals surface area contributed by atoms with Crippen molar-refractivity contribution in [3.8, 4) is 34.0 Å². The molecule has 0 bridgehead atoms. The van der Waals surface area contributed by atoms with E-state index in [2.05, 4.69) is 65.6 Å². The van der Waals surface area contributed by atoms with Crippen molar-refractivity contribution in [2.75, 3.05) is 0 Å². The second kappa shape index (κ2) is 8.61. The van der Waals surface area contributed by atoms with Crippen molar-refractivity contribution in [1.29, 1.82) is 0 Å². The number of fused-ring (bicyclic) bond motifs is 6. The Morgan fingerprint density at radius 3 is 2.13 bits per heavy atom. The number of hydrogen-bond acceptors (Lipinski definition) is 4. The van der Waals surface area contributed by atoms with Crippen molar-refractivity contribution in [3.63, 3.8) is 0 Å². The summed E-state index contributed by atoms with van der Waals surface area (Å²) in [5.41, 5.74) is 7.51. The first kappa shape index (κ1) is 21.7. The largest absolute Gasteiger partial charge is 0.435 e. The van der Waals surface area contributed by atoms with Gasteiger partial charge in [0.2, 0.25) is 5.89 Å². The van der Waals surface area contributed by atoms with Crippen molar-refractivity contribution in [3.05, 3.63) is 128 Å². The summed E-state index contributed by atoms with van der Waals surface area (Å²) >= 11 is 0. The lowest BCUT2D eigenvalue weighted by Crippen LogP contribution is -1.92. The fraction of sp³-hybridized carbons (Fsp3) is 0. The molecule has 0 spiro atoms. The zero-order valence-electron chi connectivity index (χ0n) is 20.9. The monoisotopic (exact) mass is 499 g/mol. The topological polar surface area (TPSA) is 51.8 Å². The van der Waals surface area contributed by atoms with Crippen LogP contribution in [0.5, 0.6) is 0 Å². The van der Waals surface area contributed by atoms with Crippen molar-refractivity contribution in [2.45, 2.75) is 0 Å². The fourth-order valence-corrected chi connectivity index (χ4v) is 5.43. The van der Waals surface area contributed by atoms with Crippen LogP contribution in [0.3, 0.4) is 0 Å². The summed E-state index contributed by atoms with van der Waals surface area (Å²) < 4.78 is 6.37. The van der Waals surface area contributed by atoms with Crippen LogP contribution in [0.2, 0.25) is 0 Å². The van der Waals surface area contributed by atoms with E-state index in [1.165, 1.54) is 0 Å². The lowest BCUT2D eigenvalue weighted by atomic mass is 9.97. The second-order valence-corrected chi connectivity index (χ2v) is 9.69. The molecule has 0 amide bonds. The highest BCUT2D eigenvalue weighted by Gasteiger charge is 2.15. The predicted molar refractivity (Wildman–Crippen MR) is 158 cm³/mol. The molecular weight excluding hydrogens is 478 g/mol. The molecule has 0 aliphatic heterocycles. The Bertz CT molecular complexity index is 2170. The molecule has 0 saturated carbocycles. The number of benzene rings is 5. The molecule has 0 aliphatic rings. The van der Waals surface area contributed by atoms with E-state index in [1.807, 2.05) is 66.9 Å². The third-order valence-electron chi connectivity index (χ3n) is 7.32. The average Bonchev–Trinajstić information content (AvgIpc) is 3.46. The van der Waals surface area contributed by atoms with Crippen LogP contribution in [-0.2, 0) is 0 Å². The second-order valence-electron chi connectivity index (χ2n) is 9.69. The first-order chi connectivity index (χ1) is 19.3. The van der Waals surface area contributed by atoms with Crippen LogP contribution in [0.1, 0.15) is 0 Å². The molecule has 8 aromatic rings. The van der Waals surface area contributed by atoms with E-state index >= 15 is 0 Å². The molecule has 182 valence electrons. The van der Waals surface area contributed by atoms with Crippen LogP contribution in [0.15, 0.2) is 132 Å². The van der Waals surface area contributed by atoms with Gasteiger partial charge in [0.25, 0.3) is 0 Å². The van der Waals surface area contributed by atoms with E-state index in [-0.39, 0.29) is 0 Å². The van der Waals surface area contributed by atoms with Crippen LogP contribution in [-0.4, -0.2) is 15.0 Å². The van der Waals surface area contributed by atoms with Crippen LogP contribution in [0, 0.1) is 0 Å². The molecule has 0 N–H and O–H groups in total. The lowest BCUT2D eigenvalue weighted by Gasteiger charge is -2.11. The van der Waals surface area contributed by atoms with Gasteiger partial charge >= 0.3 is 0 Å². The average molecular weight is 500 g/mol. The van der Waals surface area contributed by atoms with Crippen LogP contribution in [0.4, 0.5) is 0 Å². The van der Waals surface area contributed by atoms with Gasteiger partial charge in [-0.25, -0.2) is 9.97 Å². The first-order valence-electron chi connectivity index (χ1n) is 12.9. The molecule has 0 atom stereocenters. The van der Waals surface area contributed by atoms with Gasteiger partial charge in [-0.3, -0.25) is 4.98 Å². The molecule has 0 radical (unpaired) electrons. The lowest BCUT2D eigenvalue weighted by molar-refractivity contribution is 0.623. The smallest absolute Gasteiger partial charge is 0.227 e. The van der Waals surface area contributed by atoms with Crippen molar-refractivity contribution in [2.24, 2.45) is 0 Å². The summed E-state index contributed by atoms with van der Waals surface area (Å²) in [5.74, 6) is 0.632. The molecule has 0 saturated heterocycles. The zero-order valence-corrected chi connectivity index (χ0v) is 20.9. The standard InChI is InChI=1S/C35H21N3O/c1-3-8-23(9-4-1)33-28-12-7-19-36-31(28)21-30(37-33)26-15-17-27-25(20-26)14-13-22-16-18-29-34(32(22)27)39-35(38-29)24-10-5-2-6-11-24/h1-21H. The number of oxazole rings is 1. The Morgan fingerprint density at radius 1 is 0.513 bits per heavy atom. The summed E-state index contributed by atoms with van der Waals surface area (Å²) in [6.45, 7) is 0. The minimum absolute atomic E-state index is 0.632. The van der Waals surface area contributed by atoms with Crippen LogP contribution in [0.25, 0.3) is 77.5 Å². The SMILES string of the molecule is c1ccc(-c2nc3ccc4ccc5cc(-c6cc7ncccc7c(-c7ccccc7)n6)ccc5c4c3o2)cc1. The Labute approximate surface area is 224 Å². The highest BCUT2D eigenvalue weighted by atomic mass is 16.3. The molecule has 0 aliphatic carbocycles. The molecule has 0 unspecified atom stereocenters. The minimum Gasteiger partial charge on any atom is -0.435 e. The summed E-state index contributed by atoms with van der Waals surface area (Å²) in [5, 5.41) is 5.48. The molecule has 4 nitrogen and oxygen atoms in total. The Kier molecular flexibility index (Phi) is 4.79. The maximum Gasteiger partial charge on any atom is 0.227 e. The molecule has 5 aromatic carbocycles. The summed E-state index contributed by atoms with van der Waals surface area (Å²) in [7, 11) is 0. The third kappa shape index (κ3) is 3.57. The van der Waals surface area contributed by atoms with E-state index in [1.54, 1.807) is 0 Å². The van der Waals surface area contributed by atoms with Gasteiger partial charge in [0.15, 0.2) is 5.58 Å². The molecule has 0 fully saturated rings. The number of nitrogens with zero attached hydrogens (tertiary/aromatic N) is 3. The van der Waals surface area contributed by atoms with Gasteiger partial charge in [0, 0.05) is 33.7 Å². The van der Waals surface area contributed by atoms with Crippen LogP contribution >= 0.6 is 0 Å². The summed E-state index contributed by atoms with van der Waals surface area (Å²) in [6, 6.07) is 41.4. The Balaban J connectivity index is 1.33. The van der Waals surface area contributed by atoms with Gasteiger partial charge < -0.3 is 4.42 Å². The van der Waals surface area contributed by atoms with E-state index < -0.39 is 0 Å². The van der Waals surface area contributed by atoms with Crippen molar-refractivity contribution < 1.29 is 4.42 Å². The van der Waals surface area contributed by atoms with Gasteiger partial charge in [0.05, 0.1) is 16.9 Å². The summed E-state index contributed by atoms with van der Waals surface area (Å²) in [6.07, 6.45) is 1.83. The fourth-order valence-electron chi connectivity index (χ4n) is 5.43. The van der Waals surface area contributed by atoms with Crippen molar-refractivity contribution >= 4 is 43.5 Å². The Morgan fingerprint density at radius 2 is 1.28 bits per heavy atom. The number of hydrogen-bond donors (Lipinski definition) is 0. The van der Waals surface area contributed by atoms with Gasteiger partial charge in [0.1, 0.15) is 5.52 Å². The van der Waals surface area contributed by atoms with E-state index in [9.17, 15) is 0 Å². The van der Waals surface area contributed by atoms with Gasteiger partial charge in [-0.05, 0) is 58.6 Å². The highest BCUT2D eigenvalue weighted by molar-refractivity contribution is 6.18. The Hall–Kier alpha value is -5.35. The van der Waals surface area contributed by atoms with E-state index in [0.717, 1.165) is 71.6 Å². The quantitative estimate of drug-likeness (QED) is 0.228. The molecule has 4 heteroatoms. The maximum atomic E-state index is 6.37. The van der Waals surface area contributed by atoms with Gasteiger partial charge in [-0.15, -0.1) is 0 Å². The number of rotatable bonds is 3. The first-order valence-corrected chi connectivity index (χ1v) is 12.9. The van der Waals surface area contributed by atoms with Gasteiger partial charge in [-0.1, -0.05) is 78.9 Å². The normalized spacial score (nSPS) is 11.6. The predicted octanol–water partition coefficient (Wildman–Crippen LogP) is 9.08. The third-order valence-corrected chi connectivity index (χ3v) is 7.32. The van der Waals surface area contributed by atoms with E-state index in [4.69, 9.17) is 14.4 Å². The number of aromatic nitrogens is 3. The molecule has 3 aromatic heterocycles. The highest BCUT2D eigenvalue weighted by Crippen LogP contribution is 2.37.